The molecule has 0 atom stereocenters. The van der Waals surface area contributed by atoms with Crippen molar-refractivity contribution in [1.29, 1.82) is 0 Å². The van der Waals surface area contributed by atoms with Crippen LogP contribution in [0.5, 0.6) is 0 Å². The molecule has 0 radical (unpaired) electrons. The van der Waals surface area contributed by atoms with E-state index in [-0.39, 0.29) is 0 Å². The van der Waals surface area contributed by atoms with Gasteiger partial charge in [-0.2, -0.15) is 0 Å². The smallest absolute Gasteiger partial charge is 0.241 e. The van der Waals surface area contributed by atoms with E-state index < -0.39 is 10.0 Å². The highest BCUT2D eigenvalue weighted by Crippen LogP contribution is 2.20. The Kier molecular flexibility index (Phi) is 9.24. The molecule has 22 heavy (non-hydrogen) atoms. The Labute approximate surface area is 143 Å². The van der Waals surface area contributed by atoms with Crippen molar-refractivity contribution in [3.8, 4) is 0 Å². The fourth-order valence-corrected chi connectivity index (χ4v) is 4.20. The SMILES string of the molecule is CCCCN(CCCC)CCNS(=O)(=O)c1ccccc1Br. The Hall–Kier alpha value is -0.430. The summed E-state index contributed by atoms with van der Waals surface area (Å²) in [6.07, 6.45) is 4.62. The summed E-state index contributed by atoms with van der Waals surface area (Å²) in [7, 11) is -3.45. The quantitative estimate of drug-likeness (QED) is 0.627. The minimum absolute atomic E-state index is 0.295. The van der Waals surface area contributed by atoms with Crippen LogP contribution in [0.4, 0.5) is 0 Å². The topological polar surface area (TPSA) is 49.4 Å². The molecule has 0 saturated heterocycles. The molecule has 0 unspecified atom stereocenters. The minimum atomic E-state index is -3.45. The lowest BCUT2D eigenvalue weighted by Crippen LogP contribution is -2.36. The number of benzene rings is 1. The molecular weight excluding hydrogens is 364 g/mol. The second-order valence-electron chi connectivity index (χ2n) is 5.38. The predicted molar refractivity (Wildman–Crippen MR) is 95.6 cm³/mol. The highest BCUT2D eigenvalue weighted by Gasteiger charge is 2.16. The van der Waals surface area contributed by atoms with Gasteiger partial charge in [-0.05, 0) is 54.0 Å². The number of nitrogens with zero attached hydrogens (tertiary/aromatic N) is 1. The number of sulfonamides is 1. The summed E-state index contributed by atoms with van der Waals surface area (Å²) in [5.74, 6) is 0. The number of unbranched alkanes of at least 4 members (excludes halogenated alkanes) is 2. The first kappa shape index (κ1) is 19.6. The van der Waals surface area contributed by atoms with Gasteiger partial charge in [-0.3, -0.25) is 0 Å². The molecule has 0 aliphatic carbocycles. The van der Waals surface area contributed by atoms with Gasteiger partial charge in [0.15, 0.2) is 0 Å². The summed E-state index contributed by atoms with van der Waals surface area (Å²) in [5, 5.41) is 0. The van der Waals surface area contributed by atoms with Crippen LogP contribution in [-0.2, 0) is 10.0 Å². The molecule has 4 nitrogen and oxygen atoms in total. The number of rotatable bonds is 11. The first-order valence-corrected chi connectivity index (χ1v) is 10.3. The summed E-state index contributed by atoms with van der Waals surface area (Å²) in [4.78, 5) is 2.64. The molecule has 0 aromatic heterocycles. The van der Waals surface area contributed by atoms with Crippen molar-refractivity contribution in [3.05, 3.63) is 28.7 Å². The zero-order valence-electron chi connectivity index (χ0n) is 13.5. The van der Waals surface area contributed by atoms with E-state index in [1.807, 2.05) is 0 Å². The van der Waals surface area contributed by atoms with Crippen LogP contribution in [-0.4, -0.2) is 39.5 Å². The molecule has 6 heteroatoms. The van der Waals surface area contributed by atoms with E-state index in [9.17, 15) is 8.42 Å². The van der Waals surface area contributed by atoms with E-state index in [4.69, 9.17) is 0 Å². The first-order valence-electron chi connectivity index (χ1n) is 7.97. The molecule has 1 aromatic carbocycles. The van der Waals surface area contributed by atoms with Crippen LogP contribution in [0.15, 0.2) is 33.6 Å². The largest absolute Gasteiger partial charge is 0.302 e. The maximum absolute atomic E-state index is 12.3. The molecule has 0 spiro atoms. The average molecular weight is 391 g/mol. The van der Waals surface area contributed by atoms with Crippen LogP contribution in [0.2, 0.25) is 0 Å². The fourth-order valence-electron chi connectivity index (χ4n) is 2.18. The minimum Gasteiger partial charge on any atom is -0.302 e. The number of halogens is 1. The third-order valence-corrected chi connectivity index (χ3v) is 5.98. The molecule has 0 saturated carbocycles. The summed E-state index contributed by atoms with van der Waals surface area (Å²) < 4.78 is 27.9. The fraction of sp³-hybridized carbons (Fsp3) is 0.625. The number of nitrogens with one attached hydrogen (secondary N) is 1. The molecular formula is C16H27BrN2O2S. The zero-order valence-corrected chi connectivity index (χ0v) is 15.9. The van der Waals surface area contributed by atoms with Crippen molar-refractivity contribution in [2.45, 2.75) is 44.4 Å². The van der Waals surface area contributed by atoms with Gasteiger partial charge in [0.1, 0.15) is 0 Å². The molecule has 0 bridgehead atoms. The van der Waals surface area contributed by atoms with Crippen molar-refractivity contribution in [2.24, 2.45) is 0 Å². The average Bonchev–Trinajstić information content (AvgIpc) is 2.49. The van der Waals surface area contributed by atoms with Gasteiger partial charge in [-0.15, -0.1) is 0 Å². The Morgan fingerprint density at radius 2 is 1.64 bits per heavy atom. The highest BCUT2D eigenvalue weighted by atomic mass is 79.9. The van der Waals surface area contributed by atoms with Gasteiger partial charge < -0.3 is 4.90 Å². The Morgan fingerprint density at radius 1 is 1.05 bits per heavy atom. The van der Waals surface area contributed by atoms with E-state index in [0.29, 0.717) is 15.9 Å². The maximum atomic E-state index is 12.3. The molecule has 1 rings (SSSR count). The number of hydrogen-bond donors (Lipinski definition) is 1. The van der Waals surface area contributed by atoms with Gasteiger partial charge in [-0.25, -0.2) is 13.1 Å². The van der Waals surface area contributed by atoms with Gasteiger partial charge in [-0.1, -0.05) is 38.8 Å². The molecule has 0 amide bonds. The molecule has 0 heterocycles. The van der Waals surface area contributed by atoms with Crippen molar-refractivity contribution in [2.75, 3.05) is 26.2 Å². The lowest BCUT2D eigenvalue weighted by Gasteiger charge is -2.22. The summed E-state index contributed by atoms with van der Waals surface area (Å²) in [6, 6.07) is 6.89. The van der Waals surface area contributed by atoms with Gasteiger partial charge >= 0.3 is 0 Å². The van der Waals surface area contributed by atoms with Crippen LogP contribution in [0.1, 0.15) is 39.5 Å². The normalized spacial score (nSPS) is 12.0. The van der Waals surface area contributed by atoms with Gasteiger partial charge in [0.05, 0.1) is 4.90 Å². The lowest BCUT2D eigenvalue weighted by molar-refractivity contribution is 0.269. The Balaban J connectivity index is 2.54. The maximum Gasteiger partial charge on any atom is 0.241 e. The molecule has 1 aromatic rings. The van der Waals surface area contributed by atoms with E-state index in [0.717, 1.165) is 45.3 Å². The van der Waals surface area contributed by atoms with Crippen LogP contribution < -0.4 is 4.72 Å². The monoisotopic (exact) mass is 390 g/mol. The highest BCUT2D eigenvalue weighted by molar-refractivity contribution is 9.10. The lowest BCUT2D eigenvalue weighted by atomic mass is 10.2. The third-order valence-electron chi connectivity index (χ3n) is 3.50. The van der Waals surface area contributed by atoms with Gasteiger partial charge in [0.2, 0.25) is 10.0 Å². The van der Waals surface area contributed by atoms with Crippen LogP contribution in [0.25, 0.3) is 0 Å². The van der Waals surface area contributed by atoms with Crippen molar-refractivity contribution >= 4 is 26.0 Å². The molecule has 1 N–H and O–H groups in total. The summed E-state index contributed by atoms with van der Waals surface area (Å²) >= 11 is 3.29. The van der Waals surface area contributed by atoms with Crippen LogP contribution in [0, 0.1) is 0 Å². The molecule has 126 valence electrons. The predicted octanol–water partition coefficient (Wildman–Crippen LogP) is 3.63. The van der Waals surface area contributed by atoms with E-state index in [2.05, 4.69) is 39.4 Å². The first-order chi connectivity index (χ1) is 10.5. The van der Waals surface area contributed by atoms with E-state index >= 15 is 0 Å². The number of hydrogen-bond acceptors (Lipinski definition) is 3. The van der Waals surface area contributed by atoms with Crippen molar-refractivity contribution < 1.29 is 8.42 Å². The molecule has 0 aliphatic rings. The zero-order chi connectivity index (χ0) is 16.4. The van der Waals surface area contributed by atoms with Crippen molar-refractivity contribution in [1.82, 2.24) is 9.62 Å². The van der Waals surface area contributed by atoms with Gasteiger partial charge in [0, 0.05) is 17.6 Å². The van der Waals surface area contributed by atoms with Gasteiger partial charge in [0.25, 0.3) is 0 Å². The molecule has 0 aliphatic heterocycles. The summed E-state index contributed by atoms with van der Waals surface area (Å²) in [5.41, 5.74) is 0. The second-order valence-corrected chi connectivity index (χ2v) is 7.97. The summed E-state index contributed by atoms with van der Waals surface area (Å²) in [6.45, 7) is 7.61. The Morgan fingerprint density at radius 3 is 2.18 bits per heavy atom. The van der Waals surface area contributed by atoms with E-state index in [1.54, 1.807) is 24.3 Å². The van der Waals surface area contributed by atoms with E-state index in [1.165, 1.54) is 0 Å². The third kappa shape index (κ3) is 6.77. The standard InChI is InChI=1S/C16H27BrN2O2S/c1-3-5-12-19(13-6-4-2)14-11-18-22(20,21)16-10-8-7-9-15(16)17/h7-10,18H,3-6,11-14H2,1-2H3. The molecule has 0 fully saturated rings. The Bertz CT molecular complexity index is 527. The van der Waals surface area contributed by atoms with Crippen molar-refractivity contribution in [3.63, 3.8) is 0 Å². The van der Waals surface area contributed by atoms with Crippen LogP contribution in [0.3, 0.4) is 0 Å². The van der Waals surface area contributed by atoms with Crippen LogP contribution >= 0.6 is 15.9 Å². The second kappa shape index (κ2) is 10.4.